The molecule has 1 atom stereocenters. The summed E-state index contributed by atoms with van der Waals surface area (Å²) in [4.78, 5) is 24.6. The topological polar surface area (TPSA) is 75.4 Å². The molecule has 2 amide bonds. The van der Waals surface area contributed by atoms with Crippen molar-refractivity contribution in [1.82, 2.24) is 10.2 Å². The van der Waals surface area contributed by atoms with Gasteiger partial charge in [0.2, 0.25) is 11.8 Å². The molecular weight excluding hydrogens is 194 g/mol. The van der Waals surface area contributed by atoms with Gasteiger partial charge in [-0.25, -0.2) is 0 Å². The first kappa shape index (κ1) is 12.0. The van der Waals surface area contributed by atoms with E-state index in [0.29, 0.717) is 0 Å². The highest BCUT2D eigenvalue weighted by molar-refractivity contribution is 5.87. The molecule has 0 aromatic rings. The standard InChI is InChI=1S/C10H19N3O2/c1-8(12-9(14)7-11)10(15)13-5-3-2-4-6-13/h8H,2-7,11H2,1H3,(H,12,14)/t8-/m0/s1. The lowest BCUT2D eigenvalue weighted by Gasteiger charge is -2.29. The lowest BCUT2D eigenvalue weighted by Crippen LogP contribution is -2.49. The first-order valence-corrected chi connectivity index (χ1v) is 5.43. The number of carbonyl (C=O) groups excluding carboxylic acids is 2. The minimum absolute atomic E-state index is 0.00324. The van der Waals surface area contributed by atoms with Gasteiger partial charge in [0.25, 0.3) is 0 Å². The van der Waals surface area contributed by atoms with Gasteiger partial charge in [-0.05, 0) is 26.2 Å². The Morgan fingerprint density at radius 3 is 2.47 bits per heavy atom. The van der Waals surface area contributed by atoms with Gasteiger partial charge in [-0.3, -0.25) is 9.59 Å². The maximum Gasteiger partial charge on any atom is 0.244 e. The van der Waals surface area contributed by atoms with Crippen LogP contribution in [0.25, 0.3) is 0 Å². The highest BCUT2D eigenvalue weighted by Gasteiger charge is 2.22. The van der Waals surface area contributed by atoms with Crippen molar-refractivity contribution in [2.75, 3.05) is 19.6 Å². The molecule has 1 saturated heterocycles. The van der Waals surface area contributed by atoms with E-state index in [2.05, 4.69) is 5.32 Å². The molecule has 0 aromatic carbocycles. The van der Waals surface area contributed by atoms with E-state index < -0.39 is 6.04 Å². The Morgan fingerprint density at radius 1 is 1.33 bits per heavy atom. The Bertz CT molecular complexity index is 237. The molecule has 0 aliphatic carbocycles. The minimum atomic E-state index is -0.459. The highest BCUT2D eigenvalue weighted by Crippen LogP contribution is 2.09. The largest absolute Gasteiger partial charge is 0.343 e. The summed E-state index contributed by atoms with van der Waals surface area (Å²) in [5.41, 5.74) is 5.16. The first-order chi connectivity index (χ1) is 7.15. The van der Waals surface area contributed by atoms with Crippen molar-refractivity contribution in [1.29, 1.82) is 0 Å². The number of rotatable bonds is 3. The van der Waals surface area contributed by atoms with Crippen LogP contribution < -0.4 is 11.1 Å². The van der Waals surface area contributed by atoms with Crippen LogP contribution in [0.2, 0.25) is 0 Å². The van der Waals surface area contributed by atoms with E-state index in [1.54, 1.807) is 6.92 Å². The molecule has 0 unspecified atom stereocenters. The summed E-state index contributed by atoms with van der Waals surface area (Å²) in [5, 5.41) is 2.57. The molecule has 15 heavy (non-hydrogen) atoms. The number of nitrogens with two attached hydrogens (primary N) is 1. The van der Waals surface area contributed by atoms with Crippen LogP contribution in [-0.4, -0.2) is 42.4 Å². The summed E-state index contributed by atoms with van der Waals surface area (Å²) in [5.74, 6) is -0.288. The van der Waals surface area contributed by atoms with Gasteiger partial charge in [0.15, 0.2) is 0 Å². The van der Waals surface area contributed by atoms with Crippen LogP contribution in [0.4, 0.5) is 0 Å². The molecule has 1 aliphatic heterocycles. The fourth-order valence-corrected chi connectivity index (χ4v) is 1.75. The van der Waals surface area contributed by atoms with Gasteiger partial charge in [0, 0.05) is 13.1 Å². The Kier molecular flexibility index (Phi) is 4.55. The molecule has 0 aromatic heterocycles. The van der Waals surface area contributed by atoms with E-state index in [4.69, 9.17) is 5.73 Å². The lowest BCUT2D eigenvalue weighted by atomic mass is 10.1. The van der Waals surface area contributed by atoms with Gasteiger partial charge in [0.1, 0.15) is 6.04 Å². The Hall–Kier alpha value is -1.10. The van der Waals surface area contributed by atoms with Gasteiger partial charge in [-0.2, -0.15) is 0 Å². The van der Waals surface area contributed by atoms with Crippen molar-refractivity contribution < 1.29 is 9.59 Å². The lowest BCUT2D eigenvalue weighted by molar-refractivity contribution is -0.136. The Morgan fingerprint density at radius 2 is 1.93 bits per heavy atom. The third-order valence-electron chi connectivity index (χ3n) is 2.60. The maximum atomic E-state index is 11.8. The van der Waals surface area contributed by atoms with E-state index >= 15 is 0 Å². The Balaban J connectivity index is 2.40. The monoisotopic (exact) mass is 213 g/mol. The Labute approximate surface area is 90.0 Å². The zero-order valence-corrected chi connectivity index (χ0v) is 9.16. The number of carbonyl (C=O) groups is 2. The summed E-state index contributed by atoms with van der Waals surface area (Å²) in [6.45, 7) is 3.24. The minimum Gasteiger partial charge on any atom is -0.343 e. The molecule has 5 heteroatoms. The second-order valence-corrected chi connectivity index (χ2v) is 3.88. The second-order valence-electron chi connectivity index (χ2n) is 3.88. The molecule has 0 saturated carbocycles. The second kappa shape index (κ2) is 5.70. The van der Waals surface area contributed by atoms with Gasteiger partial charge >= 0.3 is 0 Å². The number of nitrogens with one attached hydrogen (secondary N) is 1. The van der Waals surface area contributed by atoms with Crippen molar-refractivity contribution in [3.8, 4) is 0 Å². The quantitative estimate of drug-likeness (QED) is 0.661. The molecule has 5 nitrogen and oxygen atoms in total. The fourth-order valence-electron chi connectivity index (χ4n) is 1.75. The highest BCUT2D eigenvalue weighted by atomic mass is 16.2. The van der Waals surface area contributed by atoms with E-state index in [9.17, 15) is 9.59 Å². The number of likely N-dealkylation sites (tertiary alicyclic amines) is 1. The number of nitrogens with zero attached hydrogens (tertiary/aromatic N) is 1. The van der Waals surface area contributed by atoms with Crippen LogP contribution >= 0.6 is 0 Å². The number of hydrogen-bond donors (Lipinski definition) is 2. The van der Waals surface area contributed by atoms with Crippen molar-refractivity contribution in [2.24, 2.45) is 5.73 Å². The summed E-state index contributed by atoms with van der Waals surface area (Å²) in [6.07, 6.45) is 3.31. The zero-order valence-electron chi connectivity index (χ0n) is 9.16. The van der Waals surface area contributed by atoms with Gasteiger partial charge in [0.05, 0.1) is 6.54 Å². The number of piperidine rings is 1. The van der Waals surface area contributed by atoms with E-state index in [-0.39, 0.29) is 18.4 Å². The maximum absolute atomic E-state index is 11.8. The van der Waals surface area contributed by atoms with Crippen molar-refractivity contribution in [2.45, 2.75) is 32.2 Å². The van der Waals surface area contributed by atoms with E-state index in [1.165, 1.54) is 6.42 Å². The predicted molar refractivity (Wildman–Crippen MR) is 57.1 cm³/mol. The molecule has 0 spiro atoms. The first-order valence-electron chi connectivity index (χ1n) is 5.43. The third kappa shape index (κ3) is 3.51. The summed E-state index contributed by atoms with van der Waals surface area (Å²) in [7, 11) is 0. The molecular formula is C10H19N3O2. The summed E-state index contributed by atoms with van der Waals surface area (Å²) >= 11 is 0. The van der Waals surface area contributed by atoms with Gasteiger partial charge in [-0.1, -0.05) is 0 Å². The van der Waals surface area contributed by atoms with Crippen molar-refractivity contribution in [3.05, 3.63) is 0 Å². The summed E-state index contributed by atoms with van der Waals surface area (Å²) < 4.78 is 0. The number of hydrogen-bond acceptors (Lipinski definition) is 3. The fraction of sp³-hybridized carbons (Fsp3) is 0.800. The van der Waals surface area contributed by atoms with E-state index in [1.807, 2.05) is 4.90 Å². The van der Waals surface area contributed by atoms with Crippen LogP contribution in [0, 0.1) is 0 Å². The van der Waals surface area contributed by atoms with Gasteiger partial charge < -0.3 is 16.0 Å². The average molecular weight is 213 g/mol. The molecule has 0 bridgehead atoms. The number of amides is 2. The van der Waals surface area contributed by atoms with Crippen LogP contribution in [0.5, 0.6) is 0 Å². The summed E-state index contributed by atoms with van der Waals surface area (Å²) in [6, 6.07) is -0.459. The van der Waals surface area contributed by atoms with Crippen molar-refractivity contribution in [3.63, 3.8) is 0 Å². The molecule has 1 aliphatic rings. The average Bonchev–Trinajstić information content (AvgIpc) is 2.29. The van der Waals surface area contributed by atoms with Crippen LogP contribution in [-0.2, 0) is 9.59 Å². The molecule has 86 valence electrons. The molecule has 1 heterocycles. The molecule has 1 fully saturated rings. The predicted octanol–water partition coefficient (Wildman–Crippen LogP) is -0.538. The van der Waals surface area contributed by atoms with E-state index in [0.717, 1.165) is 25.9 Å². The van der Waals surface area contributed by atoms with Crippen LogP contribution in [0.15, 0.2) is 0 Å². The smallest absolute Gasteiger partial charge is 0.244 e. The van der Waals surface area contributed by atoms with Crippen LogP contribution in [0.3, 0.4) is 0 Å². The van der Waals surface area contributed by atoms with Crippen LogP contribution in [0.1, 0.15) is 26.2 Å². The molecule has 1 rings (SSSR count). The molecule has 3 N–H and O–H groups in total. The normalized spacial score (nSPS) is 18.4. The molecule has 0 radical (unpaired) electrons. The SMILES string of the molecule is C[C@H](NC(=O)CN)C(=O)N1CCCCC1. The third-order valence-corrected chi connectivity index (χ3v) is 2.60. The van der Waals surface area contributed by atoms with Crippen molar-refractivity contribution >= 4 is 11.8 Å². The zero-order chi connectivity index (χ0) is 11.3. The van der Waals surface area contributed by atoms with Gasteiger partial charge in [-0.15, -0.1) is 0 Å².